The Bertz CT molecular complexity index is 648. The maximum absolute atomic E-state index is 11.8. The average molecular weight is 383 g/mol. The van der Waals surface area contributed by atoms with E-state index in [-0.39, 0.29) is 6.61 Å². The van der Waals surface area contributed by atoms with E-state index in [1.54, 1.807) is 0 Å². The Morgan fingerprint density at radius 3 is 2.85 bits per heavy atom. The maximum atomic E-state index is 11.8. The molecule has 3 atom stereocenters. The number of ether oxygens (including phenoxy) is 1. The van der Waals surface area contributed by atoms with Gasteiger partial charge in [-0.1, -0.05) is 18.2 Å². The SMILES string of the molecule is CC(O[P+](=O)OCCCc1ccccc1N)C(=O)OC(=O)[C@@H]1CCCN1. The number of carbonyl (C=O) groups is 2. The molecule has 2 rings (SSSR count). The van der Waals surface area contributed by atoms with Crippen molar-refractivity contribution in [2.75, 3.05) is 18.9 Å². The van der Waals surface area contributed by atoms with E-state index in [4.69, 9.17) is 19.5 Å². The number of esters is 2. The fourth-order valence-electron chi connectivity index (χ4n) is 2.51. The van der Waals surface area contributed by atoms with Crippen LogP contribution >= 0.6 is 8.25 Å². The normalized spacial score (nSPS) is 18.3. The van der Waals surface area contributed by atoms with Gasteiger partial charge in [0.1, 0.15) is 12.6 Å². The number of benzene rings is 1. The van der Waals surface area contributed by atoms with Crippen LogP contribution in [0, 0.1) is 0 Å². The zero-order chi connectivity index (χ0) is 18.9. The van der Waals surface area contributed by atoms with Crippen LogP contribution < -0.4 is 11.1 Å². The highest BCUT2D eigenvalue weighted by molar-refractivity contribution is 7.33. The van der Waals surface area contributed by atoms with Crippen LogP contribution in [0.2, 0.25) is 0 Å². The smallest absolute Gasteiger partial charge is 0.399 e. The minimum Gasteiger partial charge on any atom is -0.399 e. The second-order valence-corrected chi connectivity index (χ2v) is 6.91. The van der Waals surface area contributed by atoms with Crippen LogP contribution in [-0.4, -0.2) is 37.2 Å². The van der Waals surface area contributed by atoms with Gasteiger partial charge >= 0.3 is 20.2 Å². The second-order valence-electron chi connectivity index (χ2n) is 6.00. The van der Waals surface area contributed by atoms with E-state index in [9.17, 15) is 14.2 Å². The van der Waals surface area contributed by atoms with E-state index in [1.807, 2.05) is 24.3 Å². The molecule has 2 unspecified atom stereocenters. The molecule has 9 heteroatoms. The summed E-state index contributed by atoms with van der Waals surface area (Å²) >= 11 is 0. The summed E-state index contributed by atoms with van der Waals surface area (Å²) in [6.07, 6.45) is 1.60. The molecule has 142 valence electrons. The summed E-state index contributed by atoms with van der Waals surface area (Å²) in [7, 11) is -2.48. The van der Waals surface area contributed by atoms with E-state index in [2.05, 4.69) is 5.32 Å². The van der Waals surface area contributed by atoms with Crippen molar-refractivity contribution in [2.24, 2.45) is 0 Å². The molecular formula is C17H24N2O6P+. The van der Waals surface area contributed by atoms with Crippen molar-refractivity contribution < 1.29 is 27.9 Å². The molecule has 0 amide bonds. The highest BCUT2D eigenvalue weighted by Crippen LogP contribution is 2.27. The van der Waals surface area contributed by atoms with Gasteiger partial charge in [-0.05, 0) is 50.8 Å². The zero-order valence-electron chi connectivity index (χ0n) is 14.7. The minimum absolute atomic E-state index is 0.191. The first kappa shape index (κ1) is 20.5. The molecule has 1 fully saturated rings. The minimum atomic E-state index is -2.48. The van der Waals surface area contributed by atoms with Gasteiger partial charge in [-0.3, -0.25) is 0 Å². The first-order valence-electron chi connectivity index (χ1n) is 8.56. The van der Waals surface area contributed by atoms with Crippen molar-refractivity contribution in [3.05, 3.63) is 29.8 Å². The van der Waals surface area contributed by atoms with E-state index in [1.165, 1.54) is 6.92 Å². The summed E-state index contributed by atoms with van der Waals surface area (Å²) in [5.41, 5.74) is 7.53. The largest absolute Gasteiger partial charge is 0.698 e. The molecule has 1 aliphatic heterocycles. The first-order valence-corrected chi connectivity index (χ1v) is 9.66. The maximum Gasteiger partial charge on any atom is 0.698 e. The lowest BCUT2D eigenvalue weighted by Crippen LogP contribution is -2.36. The highest BCUT2D eigenvalue weighted by atomic mass is 31.1. The van der Waals surface area contributed by atoms with Crippen molar-refractivity contribution >= 4 is 25.9 Å². The summed E-state index contributed by atoms with van der Waals surface area (Å²) in [5.74, 6) is -1.52. The van der Waals surface area contributed by atoms with Gasteiger partial charge in [-0.2, -0.15) is 0 Å². The third-order valence-corrected chi connectivity index (χ3v) is 4.85. The Morgan fingerprint density at radius 1 is 1.38 bits per heavy atom. The van der Waals surface area contributed by atoms with Gasteiger partial charge in [0.25, 0.3) is 0 Å². The van der Waals surface area contributed by atoms with Crippen molar-refractivity contribution in [1.82, 2.24) is 5.32 Å². The predicted octanol–water partition coefficient (Wildman–Crippen LogP) is 2.10. The van der Waals surface area contributed by atoms with Crippen LogP contribution in [0.3, 0.4) is 0 Å². The quantitative estimate of drug-likeness (QED) is 0.219. The molecule has 1 aliphatic rings. The molecule has 0 aliphatic carbocycles. The van der Waals surface area contributed by atoms with Crippen molar-refractivity contribution in [3.8, 4) is 0 Å². The Balaban J connectivity index is 1.64. The van der Waals surface area contributed by atoms with Crippen LogP contribution in [0.5, 0.6) is 0 Å². The molecule has 0 saturated carbocycles. The van der Waals surface area contributed by atoms with Crippen LogP contribution in [0.4, 0.5) is 5.69 Å². The lowest BCUT2D eigenvalue weighted by atomic mass is 10.1. The summed E-state index contributed by atoms with van der Waals surface area (Å²) in [6, 6.07) is 7.01. The van der Waals surface area contributed by atoms with Gasteiger partial charge in [0.2, 0.25) is 6.10 Å². The number of para-hydroxylation sites is 1. The van der Waals surface area contributed by atoms with Crippen LogP contribution in [-0.2, 0) is 34.4 Å². The number of rotatable bonds is 9. The Hall–Kier alpha value is -1.86. The molecule has 26 heavy (non-hydrogen) atoms. The second kappa shape index (κ2) is 10.3. The fraction of sp³-hybridized carbons (Fsp3) is 0.529. The number of hydrogen-bond donors (Lipinski definition) is 2. The van der Waals surface area contributed by atoms with E-state index in [0.717, 1.165) is 12.0 Å². The zero-order valence-corrected chi connectivity index (χ0v) is 15.6. The van der Waals surface area contributed by atoms with Crippen molar-refractivity contribution in [1.29, 1.82) is 0 Å². The van der Waals surface area contributed by atoms with Crippen molar-refractivity contribution in [3.63, 3.8) is 0 Å². The molecule has 1 aromatic carbocycles. The van der Waals surface area contributed by atoms with Gasteiger partial charge in [0.05, 0.1) is 0 Å². The monoisotopic (exact) mass is 383 g/mol. The van der Waals surface area contributed by atoms with E-state index in [0.29, 0.717) is 31.5 Å². The lowest BCUT2D eigenvalue weighted by Gasteiger charge is -2.09. The number of nitrogen functional groups attached to an aromatic ring is 1. The molecule has 8 nitrogen and oxygen atoms in total. The average Bonchev–Trinajstić information content (AvgIpc) is 3.14. The summed E-state index contributed by atoms with van der Waals surface area (Å²) in [5, 5.41) is 2.93. The molecule has 1 heterocycles. The molecule has 1 saturated heterocycles. The summed E-state index contributed by atoms with van der Waals surface area (Å²) < 4.78 is 26.5. The molecule has 0 radical (unpaired) electrons. The Kier molecular flexibility index (Phi) is 8.12. The lowest BCUT2D eigenvalue weighted by molar-refractivity contribution is -0.165. The third-order valence-electron chi connectivity index (χ3n) is 3.96. The molecule has 3 N–H and O–H groups in total. The number of nitrogens with two attached hydrogens (primary N) is 1. The number of nitrogens with one attached hydrogen (secondary N) is 1. The van der Waals surface area contributed by atoms with Crippen LogP contribution in [0.25, 0.3) is 0 Å². The predicted molar refractivity (Wildman–Crippen MR) is 95.4 cm³/mol. The number of hydrogen-bond acceptors (Lipinski definition) is 8. The van der Waals surface area contributed by atoms with Gasteiger partial charge < -0.3 is 15.8 Å². The van der Waals surface area contributed by atoms with Crippen LogP contribution in [0.1, 0.15) is 31.7 Å². The topological polar surface area (TPSA) is 117 Å². The summed E-state index contributed by atoms with van der Waals surface area (Å²) in [6.45, 7) is 2.27. The van der Waals surface area contributed by atoms with E-state index >= 15 is 0 Å². The number of anilines is 1. The first-order chi connectivity index (χ1) is 12.5. The standard InChI is InChI=1S/C17H24N2O6P/c1-12(16(20)24-17(21)15-9-4-10-19-15)25-26(22)23-11-5-7-13-6-2-3-8-14(13)18/h2-3,6,8,12,15,19H,4-5,7,9-11,18H2,1H3/q+1/t12?,15-/m0/s1. The highest BCUT2D eigenvalue weighted by Gasteiger charge is 2.33. The fourth-order valence-corrected chi connectivity index (χ4v) is 3.19. The molecule has 0 spiro atoms. The molecule has 0 bridgehead atoms. The third kappa shape index (κ3) is 6.46. The van der Waals surface area contributed by atoms with Gasteiger partial charge in [-0.15, -0.1) is 9.05 Å². The Morgan fingerprint density at radius 2 is 2.15 bits per heavy atom. The molecule has 1 aromatic rings. The molecule has 0 aromatic heterocycles. The van der Waals surface area contributed by atoms with Gasteiger partial charge in [-0.25, -0.2) is 9.59 Å². The Labute approximate surface area is 153 Å². The van der Waals surface area contributed by atoms with Gasteiger partial charge in [0, 0.05) is 10.3 Å². The number of carbonyl (C=O) groups excluding carboxylic acids is 2. The van der Waals surface area contributed by atoms with Gasteiger partial charge in [0.15, 0.2) is 0 Å². The summed E-state index contributed by atoms with van der Waals surface area (Å²) in [4.78, 5) is 23.5. The van der Waals surface area contributed by atoms with E-state index < -0.39 is 32.3 Å². The number of aryl methyl sites for hydroxylation is 1. The van der Waals surface area contributed by atoms with Crippen molar-refractivity contribution in [2.45, 2.75) is 44.8 Å². The van der Waals surface area contributed by atoms with Crippen LogP contribution in [0.15, 0.2) is 24.3 Å². The molecular weight excluding hydrogens is 359 g/mol.